The van der Waals surface area contributed by atoms with Crippen molar-refractivity contribution in [3.63, 3.8) is 0 Å². The van der Waals surface area contributed by atoms with Crippen LogP contribution < -0.4 is 5.32 Å². The van der Waals surface area contributed by atoms with Crippen molar-refractivity contribution < 1.29 is 0 Å². The molecule has 3 nitrogen and oxygen atoms in total. The Bertz CT molecular complexity index is 504. The molecule has 0 amide bonds. The second-order valence-corrected chi connectivity index (χ2v) is 6.05. The fraction of sp³-hybridized carbons (Fsp3) is 0.400. The molecule has 1 aromatic carbocycles. The largest absolute Gasteiger partial charge is 0.316 e. The third-order valence-corrected chi connectivity index (χ3v) is 3.75. The number of likely N-dealkylation sites (N-methyl/N-ethyl adjacent to an activating group) is 1. The van der Waals surface area contributed by atoms with Crippen LogP contribution in [0.1, 0.15) is 30.9 Å². The summed E-state index contributed by atoms with van der Waals surface area (Å²) in [5.41, 5.74) is 2.68. The predicted octanol–water partition coefficient (Wildman–Crippen LogP) is 3.25. The summed E-state index contributed by atoms with van der Waals surface area (Å²) in [7, 11) is 0. The Balaban J connectivity index is 1.98. The maximum absolute atomic E-state index is 4.31. The highest BCUT2D eigenvalue weighted by molar-refractivity contribution is 14.1. The van der Waals surface area contributed by atoms with E-state index in [2.05, 4.69) is 77.3 Å². The number of halogens is 1. The van der Waals surface area contributed by atoms with Crippen molar-refractivity contribution in [1.29, 1.82) is 0 Å². The topological polar surface area (TPSA) is 29.9 Å². The molecule has 1 atom stereocenters. The zero-order valence-corrected chi connectivity index (χ0v) is 13.6. The minimum atomic E-state index is 0.555. The standard InChI is InChI=1S/C15H20IN3/c1-3-17-8-12(2)14-6-4-13(5-7-14)10-19-11-15(16)9-18-19/h4-7,9,11-12,17H,3,8,10H2,1-2H3. The van der Waals surface area contributed by atoms with E-state index in [4.69, 9.17) is 0 Å². The molecule has 0 aliphatic carbocycles. The zero-order valence-electron chi connectivity index (χ0n) is 11.4. The molecule has 1 aromatic heterocycles. The van der Waals surface area contributed by atoms with Gasteiger partial charge in [0.1, 0.15) is 0 Å². The van der Waals surface area contributed by atoms with Gasteiger partial charge in [0.05, 0.1) is 16.3 Å². The highest BCUT2D eigenvalue weighted by atomic mass is 127. The summed E-state index contributed by atoms with van der Waals surface area (Å²) in [5.74, 6) is 0.555. The van der Waals surface area contributed by atoms with Crippen molar-refractivity contribution in [1.82, 2.24) is 15.1 Å². The second-order valence-electron chi connectivity index (χ2n) is 4.81. The first-order valence-corrected chi connectivity index (χ1v) is 7.74. The molecule has 0 bridgehead atoms. The van der Waals surface area contributed by atoms with Crippen LogP contribution in [0.25, 0.3) is 0 Å². The van der Waals surface area contributed by atoms with Gasteiger partial charge in [-0.2, -0.15) is 5.10 Å². The summed E-state index contributed by atoms with van der Waals surface area (Å²) in [4.78, 5) is 0. The lowest BCUT2D eigenvalue weighted by atomic mass is 10.00. The van der Waals surface area contributed by atoms with E-state index in [1.54, 1.807) is 0 Å². The lowest BCUT2D eigenvalue weighted by molar-refractivity contribution is 0.634. The van der Waals surface area contributed by atoms with Gasteiger partial charge in [0, 0.05) is 12.7 Å². The van der Waals surface area contributed by atoms with E-state index in [1.807, 2.05) is 10.9 Å². The Morgan fingerprint density at radius 3 is 2.63 bits per heavy atom. The molecule has 2 rings (SSSR count). The van der Waals surface area contributed by atoms with Crippen molar-refractivity contribution >= 4 is 22.6 Å². The van der Waals surface area contributed by atoms with E-state index in [-0.39, 0.29) is 0 Å². The van der Waals surface area contributed by atoms with Crippen molar-refractivity contribution in [2.45, 2.75) is 26.3 Å². The zero-order chi connectivity index (χ0) is 13.7. The minimum Gasteiger partial charge on any atom is -0.316 e. The molecule has 4 heteroatoms. The molecular weight excluding hydrogens is 349 g/mol. The summed E-state index contributed by atoms with van der Waals surface area (Å²) in [6.45, 7) is 7.30. The van der Waals surface area contributed by atoms with E-state index >= 15 is 0 Å². The van der Waals surface area contributed by atoms with E-state index < -0.39 is 0 Å². The van der Waals surface area contributed by atoms with Gasteiger partial charge in [-0.05, 0) is 46.2 Å². The van der Waals surface area contributed by atoms with Crippen molar-refractivity contribution in [3.05, 3.63) is 51.4 Å². The average molecular weight is 369 g/mol. The van der Waals surface area contributed by atoms with Gasteiger partial charge in [-0.1, -0.05) is 38.1 Å². The maximum atomic E-state index is 4.31. The molecule has 2 aromatic rings. The monoisotopic (exact) mass is 369 g/mol. The number of benzene rings is 1. The Kier molecular flexibility index (Phi) is 5.39. The van der Waals surface area contributed by atoms with Gasteiger partial charge >= 0.3 is 0 Å². The lowest BCUT2D eigenvalue weighted by Crippen LogP contribution is -2.19. The Morgan fingerprint density at radius 1 is 1.32 bits per heavy atom. The van der Waals surface area contributed by atoms with E-state index in [1.165, 1.54) is 14.7 Å². The third kappa shape index (κ3) is 4.31. The summed E-state index contributed by atoms with van der Waals surface area (Å²) >= 11 is 2.28. The highest BCUT2D eigenvalue weighted by Crippen LogP contribution is 2.15. The molecule has 1 heterocycles. The van der Waals surface area contributed by atoms with Crippen molar-refractivity contribution in [2.75, 3.05) is 13.1 Å². The molecule has 19 heavy (non-hydrogen) atoms. The molecule has 102 valence electrons. The van der Waals surface area contributed by atoms with Gasteiger partial charge in [0.25, 0.3) is 0 Å². The van der Waals surface area contributed by atoms with Gasteiger partial charge in [-0.15, -0.1) is 0 Å². The molecule has 0 saturated carbocycles. The number of rotatable bonds is 6. The number of nitrogens with zero attached hydrogens (tertiary/aromatic N) is 2. The van der Waals surface area contributed by atoms with Crippen LogP contribution in [0.4, 0.5) is 0 Å². The molecule has 0 saturated heterocycles. The third-order valence-electron chi connectivity index (χ3n) is 3.20. The summed E-state index contributed by atoms with van der Waals surface area (Å²) in [6.07, 6.45) is 3.94. The summed E-state index contributed by atoms with van der Waals surface area (Å²) < 4.78 is 3.15. The number of hydrogen-bond donors (Lipinski definition) is 1. The molecule has 0 aliphatic rings. The summed E-state index contributed by atoms with van der Waals surface area (Å²) in [6, 6.07) is 8.86. The molecule has 1 unspecified atom stereocenters. The molecular formula is C15H20IN3. The first-order valence-electron chi connectivity index (χ1n) is 6.66. The number of nitrogens with one attached hydrogen (secondary N) is 1. The lowest BCUT2D eigenvalue weighted by Gasteiger charge is -2.12. The van der Waals surface area contributed by atoms with Gasteiger partial charge in [-0.25, -0.2) is 0 Å². The highest BCUT2D eigenvalue weighted by Gasteiger charge is 2.05. The molecule has 0 aliphatic heterocycles. The first kappa shape index (κ1) is 14.5. The predicted molar refractivity (Wildman–Crippen MR) is 87.4 cm³/mol. The van der Waals surface area contributed by atoms with Gasteiger partial charge in [0.2, 0.25) is 0 Å². The van der Waals surface area contributed by atoms with Crippen LogP contribution in [0.15, 0.2) is 36.7 Å². The van der Waals surface area contributed by atoms with Crippen LogP contribution in [-0.2, 0) is 6.54 Å². The first-order chi connectivity index (χ1) is 9.19. The quantitative estimate of drug-likeness (QED) is 0.793. The average Bonchev–Trinajstić information content (AvgIpc) is 2.82. The summed E-state index contributed by atoms with van der Waals surface area (Å²) in [5, 5.41) is 7.70. The van der Waals surface area contributed by atoms with Gasteiger partial charge < -0.3 is 5.32 Å². The minimum absolute atomic E-state index is 0.555. The Morgan fingerprint density at radius 2 is 2.05 bits per heavy atom. The SMILES string of the molecule is CCNCC(C)c1ccc(Cn2cc(I)cn2)cc1. The van der Waals surface area contributed by atoms with Crippen LogP contribution in [0.3, 0.4) is 0 Å². The van der Waals surface area contributed by atoms with Crippen LogP contribution in [0.5, 0.6) is 0 Å². The maximum Gasteiger partial charge on any atom is 0.0659 e. The Labute approximate surface area is 128 Å². The van der Waals surface area contributed by atoms with Crippen LogP contribution in [0, 0.1) is 3.57 Å². The van der Waals surface area contributed by atoms with E-state index in [9.17, 15) is 0 Å². The van der Waals surface area contributed by atoms with E-state index in [0.29, 0.717) is 5.92 Å². The molecule has 0 radical (unpaired) electrons. The molecule has 1 N–H and O–H groups in total. The van der Waals surface area contributed by atoms with Crippen LogP contribution in [-0.4, -0.2) is 22.9 Å². The Hall–Kier alpha value is -0.880. The van der Waals surface area contributed by atoms with Crippen molar-refractivity contribution in [2.24, 2.45) is 0 Å². The molecule has 0 fully saturated rings. The number of hydrogen-bond acceptors (Lipinski definition) is 2. The van der Waals surface area contributed by atoms with Crippen molar-refractivity contribution in [3.8, 4) is 0 Å². The number of aromatic nitrogens is 2. The molecule has 0 spiro atoms. The smallest absolute Gasteiger partial charge is 0.0659 e. The van der Waals surface area contributed by atoms with Gasteiger partial charge in [0.15, 0.2) is 0 Å². The van der Waals surface area contributed by atoms with E-state index in [0.717, 1.165) is 19.6 Å². The van der Waals surface area contributed by atoms with Crippen LogP contribution in [0.2, 0.25) is 0 Å². The second kappa shape index (κ2) is 7.05. The normalized spacial score (nSPS) is 12.6. The van der Waals surface area contributed by atoms with Crippen LogP contribution >= 0.6 is 22.6 Å². The van der Waals surface area contributed by atoms with Gasteiger partial charge in [-0.3, -0.25) is 4.68 Å². The fourth-order valence-corrected chi connectivity index (χ4v) is 2.49. The fourth-order valence-electron chi connectivity index (χ4n) is 2.04.